The zero-order chi connectivity index (χ0) is 14.1. The van der Waals surface area contributed by atoms with Crippen molar-refractivity contribution in [3.8, 4) is 11.1 Å². The first-order valence-electron chi connectivity index (χ1n) is 6.43. The van der Waals surface area contributed by atoms with Crippen LogP contribution in [0.4, 0.5) is 0 Å². The van der Waals surface area contributed by atoms with E-state index in [9.17, 15) is 4.79 Å². The summed E-state index contributed by atoms with van der Waals surface area (Å²) in [7, 11) is 0. The fourth-order valence-electron chi connectivity index (χ4n) is 2.20. The van der Waals surface area contributed by atoms with Crippen molar-refractivity contribution in [1.82, 2.24) is 9.55 Å². The topological polar surface area (TPSA) is 34.9 Å². The lowest BCUT2D eigenvalue weighted by Crippen LogP contribution is -2.19. The highest BCUT2D eigenvalue weighted by molar-refractivity contribution is 7.17. The molecule has 0 atom stereocenters. The molecule has 0 fully saturated rings. The summed E-state index contributed by atoms with van der Waals surface area (Å²) in [6, 6.07) is 7.61. The molecule has 2 aromatic heterocycles. The molecule has 0 bridgehead atoms. The molecule has 0 saturated heterocycles. The quantitative estimate of drug-likeness (QED) is 0.727. The lowest BCUT2D eigenvalue weighted by atomic mass is 10.1. The van der Waals surface area contributed by atoms with Crippen LogP contribution in [-0.2, 0) is 6.54 Å². The van der Waals surface area contributed by atoms with E-state index in [0.717, 1.165) is 23.1 Å². The summed E-state index contributed by atoms with van der Waals surface area (Å²) in [6.45, 7) is 2.74. The van der Waals surface area contributed by atoms with E-state index in [4.69, 9.17) is 11.6 Å². The predicted octanol–water partition coefficient (Wildman–Crippen LogP) is 4.19. The highest BCUT2D eigenvalue weighted by Gasteiger charge is 2.12. The molecule has 0 aliphatic heterocycles. The molecule has 3 aromatic rings. The molecule has 3 rings (SSSR count). The third-order valence-corrected chi connectivity index (χ3v) is 4.34. The first-order chi connectivity index (χ1) is 9.70. The lowest BCUT2D eigenvalue weighted by molar-refractivity contribution is 0.649. The number of hydrogen-bond donors (Lipinski definition) is 0. The SMILES string of the molecule is CCCn1cnc2c(-c3cccc(Cl)c3)csc2c1=O. The number of aromatic nitrogens is 2. The van der Waals surface area contributed by atoms with Crippen LogP contribution in [0.5, 0.6) is 0 Å². The Balaban J connectivity index is 2.20. The van der Waals surface area contributed by atoms with Gasteiger partial charge in [-0.05, 0) is 24.1 Å². The average Bonchev–Trinajstić information content (AvgIpc) is 2.87. The van der Waals surface area contributed by atoms with Crippen LogP contribution in [0.3, 0.4) is 0 Å². The first kappa shape index (κ1) is 13.3. The summed E-state index contributed by atoms with van der Waals surface area (Å²) >= 11 is 7.47. The third kappa shape index (κ3) is 2.25. The molecule has 0 unspecified atom stereocenters. The molecular weight excluding hydrogens is 292 g/mol. The van der Waals surface area contributed by atoms with Gasteiger partial charge in [0.05, 0.1) is 11.8 Å². The van der Waals surface area contributed by atoms with Crippen molar-refractivity contribution in [2.24, 2.45) is 0 Å². The van der Waals surface area contributed by atoms with Crippen molar-refractivity contribution in [2.45, 2.75) is 19.9 Å². The van der Waals surface area contributed by atoms with E-state index in [1.807, 2.05) is 36.6 Å². The molecule has 0 aliphatic carbocycles. The molecule has 0 aliphatic rings. The van der Waals surface area contributed by atoms with Crippen LogP contribution in [0.2, 0.25) is 5.02 Å². The normalized spacial score (nSPS) is 11.1. The van der Waals surface area contributed by atoms with Gasteiger partial charge in [0.2, 0.25) is 0 Å². The van der Waals surface area contributed by atoms with Crippen LogP contribution >= 0.6 is 22.9 Å². The van der Waals surface area contributed by atoms with E-state index < -0.39 is 0 Å². The third-order valence-electron chi connectivity index (χ3n) is 3.15. The maximum Gasteiger partial charge on any atom is 0.271 e. The van der Waals surface area contributed by atoms with E-state index in [0.29, 0.717) is 16.3 Å². The Hall–Kier alpha value is -1.65. The second-order valence-corrected chi connectivity index (χ2v) is 5.90. The van der Waals surface area contributed by atoms with Crippen LogP contribution in [0, 0.1) is 0 Å². The molecule has 0 amide bonds. The largest absolute Gasteiger partial charge is 0.298 e. The van der Waals surface area contributed by atoms with E-state index in [-0.39, 0.29) is 5.56 Å². The van der Waals surface area contributed by atoms with Gasteiger partial charge in [-0.15, -0.1) is 11.3 Å². The zero-order valence-electron chi connectivity index (χ0n) is 11.0. The van der Waals surface area contributed by atoms with Crippen molar-refractivity contribution in [3.05, 3.63) is 51.3 Å². The van der Waals surface area contributed by atoms with Gasteiger partial charge in [-0.25, -0.2) is 4.98 Å². The van der Waals surface area contributed by atoms with Crippen LogP contribution in [0.1, 0.15) is 13.3 Å². The summed E-state index contributed by atoms with van der Waals surface area (Å²) in [5, 5.41) is 2.65. The number of nitrogens with zero attached hydrogens (tertiary/aromatic N) is 2. The summed E-state index contributed by atoms with van der Waals surface area (Å²) in [4.78, 5) is 16.8. The Labute approximate surface area is 125 Å². The van der Waals surface area contributed by atoms with Gasteiger partial charge in [0.25, 0.3) is 5.56 Å². The minimum atomic E-state index is 0.0372. The Kier molecular flexibility index (Phi) is 3.59. The number of halogens is 1. The fraction of sp³-hybridized carbons (Fsp3) is 0.200. The number of benzene rings is 1. The van der Waals surface area contributed by atoms with E-state index in [2.05, 4.69) is 4.98 Å². The Morgan fingerprint density at radius 1 is 1.40 bits per heavy atom. The minimum Gasteiger partial charge on any atom is -0.298 e. The average molecular weight is 305 g/mol. The van der Waals surface area contributed by atoms with Gasteiger partial charge in [-0.2, -0.15) is 0 Å². The maximum atomic E-state index is 12.3. The van der Waals surface area contributed by atoms with Gasteiger partial charge in [-0.3, -0.25) is 9.36 Å². The Morgan fingerprint density at radius 2 is 2.25 bits per heavy atom. The van der Waals surface area contributed by atoms with Gasteiger partial charge < -0.3 is 0 Å². The Morgan fingerprint density at radius 3 is 3.00 bits per heavy atom. The van der Waals surface area contributed by atoms with Gasteiger partial charge in [0.15, 0.2) is 0 Å². The van der Waals surface area contributed by atoms with E-state index >= 15 is 0 Å². The molecule has 3 nitrogen and oxygen atoms in total. The van der Waals surface area contributed by atoms with Crippen LogP contribution in [0.25, 0.3) is 21.3 Å². The van der Waals surface area contributed by atoms with Crippen LogP contribution in [-0.4, -0.2) is 9.55 Å². The number of aryl methyl sites for hydroxylation is 1. The first-order valence-corrected chi connectivity index (χ1v) is 7.69. The van der Waals surface area contributed by atoms with Crippen molar-refractivity contribution in [2.75, 3.05) is 0 Å². The van der Waals surface area contributed by atoms with Crippen molar-refractivity contribution in [3.63, 3.8) is 0 Å². The summed E-state index contributed by atoms with van der Waals surface area (Å²) < 4.78 is 2.37. The number of fused-ring (bicyclic) bond motifs is 1. The second-order valence-electron chi connectivity index (χ2n) is 4.58. The molecule has 0 N–H and O–H groups in total. The number of rotatable bonds is 3. The predicted molar refractivity (Wildman–Crippen MR) is 84.6 cm³/mol. The highest BCUT2D eigenvalue weighted by Crippen LogP contribution is 2.31. The van der Waals surface area contributed by atoms with Gasteiger partial charge >= 0.3 is 0 Å². The van der Waals surface area contributed by atoms with Crippen LogP contribution < -0.4 is 5.56 Å². The maximum absolute atomic E-state index is 12.3. The minimum absolute atomic E-state index is 0.0372. The summed E-state index contributed by atoms with van der Waals surface area (Å²) in [6.07, 6.45) is 2.55. The monoisotopic (exact) mass is 304 g/mol. The van der Waals surface area contributed by atoms with Gasteiger partial charge in [-0.1, -0.05) is 30.7 Å². The van der Waals surface area contributed by atoms with E-state index in [1.165, 1.54) is 11.3 Å². The number of hydrogen-bond acceptors (Lipinski definition) is 3. The second kappa shape index (κ2) is 5.38. The Bertz CT molecular complexity index is 822. The summed E-state index contributed by atoms with van der Waals surface area (Å²) in [5.41, 5.74) is 2.75. The van der Waals surface area contributed by atoms with Crippen molar-refractivity contribution < 1.29 is 0 Å². The molecule has 0 radical (unpaired) electrons. The fourth-order valence-corrected chi connectivity index (χ4v) is 3.37. The molecule has 1 aromatic carbocycles. The molecule has 0 saturated carbocycles. The highest BCUT2D eigenvalue weighted by atomic mass is 35.5. The molecule has 5 heteroatoms. The molecule has 2 heterocycles. The molecular formula is C15H13ClN2OS. The molecule has 102 valence electrons. The smallest absolute Gasteiger partial charge is 0.271 e. The van der Waals surface area contributed by atoms with E-state index in [1.54, 1.807) is 10.9 Å². The van der Waals surface area contributed by atoms with Crippen molar-refractivity contribution in [1.29, 1.82) is 0 Å². The van der Waals surface area contributed by atoms with Crippen molar-refractivity contribution >= 4 is 33.2 Å². The molecule has 20 heavy (non-hydrogen) atoms. The standard InChI is InChI=1S/C15H13ClN2OS/c1-2-6-18-9-17-13-12(8-20-14(13)15(18)19)10-4-3-5-11(16)7-10/h3-5,7-9H,2,6H2,1H3. The van der Waals surface area contributed by atoms with Crippen LogP contribution in [0.15, 0.2) is 40.8 Å². The summed E-state index contributed by atoms with van der Waals surface area (Å²) in [5.74, 6) is 0. The number of thiophene rings is 1. The lowest BCUT2D eigenvalue weighted by Gasteiger charge is -2.03. The van der Waals surface area contributed by atoms with Gasteiger partial charge in [0.1, 0.15) is 4.70 Å². The molecule has 0 spiro atoms. The zero-order valence-corrected chi connectivity index (χ0v) is 12.5. The van der Waals surface area contributed by atoms with Gasteiger partial charge in [0, 0.05) is 22.5 Å².